The van der Waals surface area contributed by atoms with Crippen molar-refractivity contribution >= 4 is 28.5 Å². The molecule has 1 heterocycles. The number of carbonyl (C=O) groups is 2. The number of anilines is 1. The summed E-state index contributed by atoms with van der Waals surface area (Å²) in [4.78, 5) is 22.8. The summed E-state index contributed by atoms with van der Waals surface area (Å²) in [5, 5.41) is 12.4. The molecule has 1 unspecified atom stereocenters. The van der Waals surface area contributed by atoms with Gasteiger partial charge in [-0.1, -0.05) is 20.3 Å². The fraction of sp³-hybridized carbons (Fsp3) is 0.333. The first-order valence-corrected chi connectivity index (χ1v) is 6.59. The van der Waals surface area contributed by atoms with Gasteiger partial charge in [0.2, 0.25) is 11.7 Å². The largest absolute Gasteiger partial charge is 0.475 e. The Labute approximate surface area is 116 Å². The molecule has 106 valence electrons. The number of nitrogens with one attached hydrogen (secondary N) is 1. The lowest BCUT2D eigenvalue weighted by molar-refractivity contribution is -0.119. The molecular formula is C15H17NO4. The summed E-state index contributed by atoms with van der Waals surface area (Å²) in [6, 6.07) is 6.51. The Kier molecular flexibility index (Phi) is 4.08. The predicted octanol–water partition coefficient (Wildman–Crippen LogP) is 3.51. The molecule has 20 heavy (non-hydrogen) atoms. The molecule has 5 nitrogen and oxygen atoms in total. The molecule has 0 spiro atoms. The lowest BCUT2D eigenvalue weighted by Crippen LogP contribution is -2.20. The summed E-state index contributed by atoms with van der Waals surface area (Å²) >= 11 is 0. The van der Waals surface area contributed by atoms with Gasteiger partial charge in [-0.3, -0.25) is 4.79 Å². The number of benzene rings is 1. The monoisotopic (exact) mass is 275 g/mol. The smallest absolute Gasteiger partial charge is 0.371 e. The zero-order valence-corrected chi connectivity index (χ0v) is 11.5. The minimum Gasteiger partial charge on any atom is -0.475 e. The van der Waals surface area contributed by atoms with E-state index in [0.717, 1.165) is 12.8 Å². The van der Waals surface area contributed by atoms with E-state index in [4.69, 9.17) is 9.52 Å². The van der Waals surface area contributed by atoms with Crippen LogP contribution in [-0.4, -0.2) is 17.0 Å². The summed E-state index contributed by atoms with van der Waals surface area (Å²) in [6.07, 6.45) is 1.79. The molecule has 2 rings (SSSR count). The number of rotatable bonds is 5. The van der Waals surface area contributed by atoms with E-state index in [2.05, 4.69) is 5.32 Å². The van der Waals surface area contributed by atoms with E-state index < -0.39 is 5.97 Å². The van der Waals surface area contributed by atoms with E-state index in [1.807, 2.05) is 13.8 Å². The average molecular weight is 275 g/mol. The minimum atomic E-state index is -1.11. The highest BCUT2D eigenvalue weighted by atomic mass is 16.4. The SMILES string of the molecule is CCCC(C)C(=O)Nc1ccc2oc(C(=O)O)cc2c1. The van der Waals surface area contributed by atoms with Crippen molar-refractivity contribution < 1.29 is 19.1 Å². The highest BCUT2D eigenvalue weighted by Crippen LogP contribution is 2.23. The number of furan rings is 1. The van der Waals surface area contributed by atoms with Gasteiger partial charge >= 0.3 is 5.97 Å². The van der Waals surface area contributed by atoms with Crippen molar-refractivity contribution in [3.05, 3.63) is 30.0 Å². The summed E-state index contributed by atoms with van der Waals surface area (Å²) in [5.74, 6) is -1.30. The van der Waals surface area contributed by atoms with Crippen molar-refractivity contribution in [2.24, 2.45) is 5.92 Å². The van der Waals surface area contributed by atoms with Crippen LogP contribution in [0.3, 0.4) is 0 Å². The van der Waals surface area contributed by atoms with Crippen LogP contribution in [0.25, 0.3) is 11.0 Å². The molecule has 0 aliphatic heterocycles. The van der Waals surface area contributed by atoms with Crippen LogP contribution in [0.4, 0.5) is 5.69 Å². The molecule has 5 heteroatoms. The molecule has 0 radical (unpaired) electrons. The number of hydrogen-bond acceptors (Lipinski definition) is 3. The van der Waals surface area contributed by atoms with E-state index >= 15 is 0 Å². The first-order chi connectivity index (χ1) is 9.51. The second-order valence-electron chi connectivity index (χ2n) is 4.85. The molecule has 0 saturated carbocycles. The first kappa shape index (κ1) is 14.1. The van der Waals surface area contributed by atoms with Crippen LogP contribution in [0.1, 0.15) is 37.2 Å². The van der Waals surface area contributed by atoms with E-state index in [0.29, 0.717) is 16.7 Å². The number of amides is 1. The van der Waals surface area contributed by atoms with Gasteiger partial charge in [-0.05, 0) is 30.7 Å². The zero-order valence-electron chi connectivity index (χ0n) is 11.5. The first-order valence-electron chi connectivity index (χ1n) is 6.59. The maximum Gasteiger partial charge on any atom is 0.371 e. The molecule has 0 bridgehead atoms. The highest BCUT2D eigenvalue weighted by Gasteiger charge is 2.14. The van der Waals surface area contributed by atoms with E-state index in [1.54, 1.807) is 18.2 Å². The van der Waals surface area contributed by atoms with Gasteiger partial charge in [0.1, 0.15) is 5.58 Å². The van der Waals surface area contributed by atoms with Gasteiger partial charge in [0, 0.05) is 17.0 Å². The molecule has 2 aromatic rings. The van der Waals surface area contributed by atoms with Crippen LogP contribution in [-0.2, 0) is 4.79 Å². The Morgan fingerprint density at radius 1 is 1.35 bits per heavy atom. The quantitative estimate of drug-likeness (QED) is 0.875. The van der Waals surface area contributed by atoms with Gasteiger partial charge in [-0.2, -0.15) is 0 Å². The number of carboxylic acid groups (broad SMARTS) is 1. The Bertz CT molecular complexity index is 644. The number of aromatic carboxylic acids is 1. The Hall–Kier alpha value is -2.30. The highest BCUT2D eigenvalue weighted by molar-refractivity contribution is 5.96. The van der Waals surface area contributed by atoms with Crippen LogP contribution in [0.15, 0.2) is 28.7 Å². The van der Waals surface area contributed by atoms with Gasteiger partial charge in [-0.15, -0.1) is 0 Å². The van der Waals surface area contributed by atoms with E-state index in [1.165, 1.54) is 6.07 Å². The number of hydrogen-bond donors (Lipinski definition) is 2. The van der Waals surface area contributed by atoms with Crippen molar-refractivity contribution in [2.75, 3.05) is 5.32 Å². The third-order valence-electron chi connectivity index (χ3n) is 3.16. The maximum atomic E-state index is 11.9. The summed E-state index contributed by atoms with van der Waals surface area (Å²) in [7, 11) is 0. The molecule has 0 saturated heterocycles. The van der Waals surface area contributed by atoms with Gasteiger partial charge in [0.15, 0.2) is 0 Å². The van der Waals surface area contributed by atoms with Crippen molar-refractivity contribution in [3.8, 4) is 0 Å². The lowest BCUT2D eigenvalue weighted by Gasteiger charge is -2.10. The Morgan fingerprint density at radius 3 is 2.75 bits per heavy atom. The van der Waals surface area contributed by atoms with Crippen molar-refractivity contribution in [1.29, 1.82) is 0 Å². The molecule has 0 aliphatic rings. The second-order valence-corrected chi connectivity index (χ2v) is 4.85. The van der Waals surface area contributed by atoms with Crippen LogP contribution in [0.5, 0.6) is 0 Å². The van der Waals surface area contributed by atoms with Gasteiger partial charge < -0.3 is 14.8 Å². The van der Waals surface area contributed by atoms with Gasteiger partial charge in [0.25, 0.3) is 0 Å². The lowest BCUT2D eigenvalue weighted by atomic mass is 10.1. The molecule has 2 N–H and O–H groups in total. The van der Waals surface area contributed by atoms with Gasteiger partial charge in [-0.25, -0.2) is 4.79 Å². The van der Waals surface area contributed by atoms with E-state index in [-0.39, 0.29) is 17.6 Å². The molecular weight excluding hydrogens is 258 g/mol. The Morgan fingerprint density at radius 2 is 2.10 bits per heavy atom. The van der Waals surface area contributed by atoms with Crippen LogP contribution in [0, 0.1) is 5.92 Å². The molecule has 1 amide bonds. The molecule has 1 aromatic heterocycles. The van der Waals surface area contributed by atoms with Crippen molar-refractivity contribution in [3.63, 3.8) is 0 Å². The normalized spacial score (nSPS) is 12.3. The fourth-order valence-electron chi connectivity index (χ4n) is 2.06. The molecule has 0 fully saturated rings. The molecule has 1 atom stereocenters. The molecule has 0 aliphatic carbocycles. The summed E-state index contributed by atoms with van der Waals surface area (Å²) < 4.78 is 5.16. The van der Waals surface area contributed by atoms with Crippen LogP contribution in [0.2, 0.25) is 0 Å². The van der Waals surface area contributed by atoms with Crippen LogP contribution >= 0.6 is 0 Å². The van der Waals surface area contributed by atoms with E-state index in [9.17, 15) is 9.59 Å². The predicted molar refractivity (Wildman–Crippen MR) is 75.9 cm³/mol. The average Bonchev–Trinajstić information content (AvgIpc) is 2.82. The van der Waals surface area contributed by atoms with Gasteiger partial charge in [0.05, 0.1) is 0 Å². The minimum absolute atomic E-state index is 0.0341. The third kappa shape index (κ3) is 2.99. The van der Waals surface area contributed by atoms with Crippen LogP contribution < -0.4 is 5.32 Å². The standard InChI is InChI=1S/C15H17NO4/c1-3-4-9(2)14(17)16-11-5-6-12-10(7-11)8-13(20-12)15(18)19/h5-9H,3-4H2,1-2H3,(H,16,17)(H,18,19). The number of carbonyl (C=O) groups excluding carboxylic acids is 1. The molecule has 1 aromatic carbocycles. The summed E-state index contributed by atoms with van der Waals surface area (Å²) in [6.45, 7) is 3.92. The second kappa shape index (κ2) is 5.77. The topological polar surface area (TPSA) is 79.5 Å². The summed E-state index contributed by atoms with van der Waals surface area (Å²) in [5.41, 5.74) is 1.13. The maximum absolute atomic E-state index is 11.9. The zero-order chi connectivity index (χ0) is 14.7. The number of fused-ring (bicyclic) bond motifs is 1. The fourth-order valence-corrected chi connectivity index (χ4v) is 2.06. The third-order valence-corrected chi connectivity index (χ3v) is 3.16. The van der Waals surface area contributed by atoms with Crippen molar-refractivity contribution in [2.45, 2.75) is 26.7 Å². The van der Waals surface area contributed by atoms with Crippen molar-refractivity contribution in [1.82, 2.24) is 0 Å². The number of carboxylic acids is 1. The Balaban J connectivity index is 2.19.